The van der Waals surface area contributed by atoms with Gasteiger partial charge < -0.3 is 14.5 Å². The van der Waals surface area contributed by atoms with Crippen LogP contribution < -0.4 is 10.1 Å². The molecule has 0 aliphatic heterocycles. The molecule has 2 aromatic heterocycles. The number of carbonyl (C=O) groups excluding carboxylic acids is 1. The van der Waals surface area contributed by atoms with E-state index in [0.29, 0.717) is 35.4 Å². The summed E-state index contributed by atoms with van der Waals surface area (Å²) in [6, 6.07) is 11.4. The fourth-order valence-electron chi connectivity index (χ4n) is 2.47. The van der Waals surface area contributed by atoms with E-state index in [-0.39, 0.29) is 12.3 Å². The van der Waals surface area contributed by atoms with Gasteiger partial charge in [0.05, 0.1) is 29.3 Å². The molecule has 0 aliphatic carbocycles. The number of ether oxygens (including phenoxy) is 1. The predicted molar refractivity (Wildman–Crippen MR) is 104 cm³/mol. The minimum Gasteiger partial charge on any atom is -0.491 e. The molecule has 0 bridgehead atoms. The van der Waals surface area contributed by atoms with Gasteiger partial charge in [-0.3, -0.25) is 4.79 Å². The van der Waals surface area contributed by atoms with Crippen molar-refractivity contribution < 1.29 is 13.9 Å². The molecule has 136 valence electrons. The van der Waals surface area contributed by atoms with Crippen molar-refractivity contribution in [3.63, 3.8) is 0 Å². The third-order valence-electron chi connectivity index (χ3n) is 3.87. The Morgan fingerprint density at radius 3 is 2.88 bits per heavy atom. The van der Waals surface area contributed by atoms with E-state index in [4.69, 9.17) is 9.15 Å². The molecule has 6 heteroatoms. The van der Waals surface area contributed by atoms with E-state index in [1.807, 2.05) is 48.7 Å². The lowest BCUT2D eigenvalue weighted by Gasteiger charge is -2.12. The molecular formula is C20H22N2O3S. The lowest BCUT2D eigenvalue weighted by molar-refractivity contribution is -0.115. The van der Waals surface area contributed by atoms with Crippen molar-refractivity contribution in [2.45, 2.75) is 33.1 Å². The SMILES string of the molecule is CCCCOc1ccccc1NC(=O)Cc1nc(-c2cccs2)oc1C. The lowest BCUT2D eigenvalue weighted by atomic mass is 10.2. The monoisotopic (exact) mass is 370 g/mol. The molecule has 2 heterocycles. The molecule has 1 N–H and O–H groups in total. The van der Waals surface area contributed by atoms with Crippen LogP contribution in [0.4, 0.5) is 5.69 Å². The van der Waals surface area contributed by atoms with Gasteiger partial charge in [-0.15, -0.1) is 11.3 Å². The van der Waals surface area contributed by atoms with Gasteiger partial charge in [-0.25, -0.2) is 4.98 Å². The highest BCUT2D eigenvalue weighted by molar-refractivity contribution is 7.13. The molecule has 0 aliphatic rings. The Morgan fingerprint density at radius 2 is 2.12 bits per heavy atom. The summed E-state index contributed by atoms with van der Waals surface area (Å²) in [5.74, 6) is 1.76. The molecule has 26 heavy (non-hydrogen) atoms. The number of nitrogens with one attached hydrogen (secondary N) is 1. The van der Waals surface area contributed by atoms with Gasteiger partial charge in [0, 0.05) is 0 Å². The largest absolute Gasteiger partial charge is 0.491 e. The molecular weight excluding hydrogens is 348 g/mol. The molecule has 0 unspecified atom stereocenters. The number of thiophene rings is 1. The molecule has 1 aromatic carbocycles. The van der Waals surface area contributed by atoms with Crippen LogP contribution in [0.1, 0.15) is 31.2 Å². The topological polar surface area (TPSA) is 64.4 Å². The van der Waals surface area contributed by atoms with E-state index in [9.17, 15) is 4.79 Å². The van der Waals surface area contributed by atoms with Gasteiger partial charge in [0.1, 0.15) is 11.5 Å². The van der Waals surface area contributed by atoms with Gasteiger partial charge in [-0.2, -0.15) is 0 Å². The molecule has 0 fully saturated rings. The normalized spacial score (nSPS) is 10.7. The van der Waals surface area contributed by atoms with Gasteiger partial charge in [-0.1, -0.05) is 31.5 Å². The van der Waals surface area contributed by atoms with Gasteiger partial charge in [-0.05, 0) is 36.9 Å². The maximum absolute atomic E-state index is 12.5. The summed E-state index contributed by atoms with van der Waals surface area (Å²) in [6.07, 6.45) is 2.20. The average Bonchev–Trinajstić information content (AvgIpc) is 3.27. The lowest BCUT2D eigenvalue weighted by Crippen LogP contribution is -2.16. The molecule has 5 nitrogen and oxygen atoms in total. The highest BCUT2D eigenvalue weighted by Crippen LogP contribution is 2.27. The number of amides is 1. The average molecular weight is 370 g/mol. The number of anilines is 1. The molecule has 1 amide bonds. The second kappa shape index (κ2) is 8.67. The number of nitrogens with zero attached hydrogens (tertiary/aromatic N) is 1. The van der Waals surface area contributed by atoms with Crippen molar-refractivity contribution in [1.29, 1.82) is 0 Å². The maximum Gasteiger partial charge on any atom is 0.236 e. The van der Waals surface area contributed by atoms with E-state index in [0.717, 1.165) is 17.7 Å². The molecule has 0 atom stereocenters. The van der Waals surface area contributed by atoms with Crippen LogP contribution >= 0.6 is 11.3 Å². The van der Waals surface area contributed by atoms with E-state index < -0.39 is 0 Å². The Bertz CT molecular complexity index is 856. The van der Waals surface area contributed by atoms with Crippen LogP contribution in [0.3, 0.4) is 0 Å². The molecule has 3 rings (SSSR count). The number of unbranched alkanes of at least 4 members (excludes halogenated alkanes) is 1. The zero-order chi connectivity index (χ0) is 18.4. The van der Waals surface area contributed by atoms with Crippen LogP contribution in [0, 0.1) is 6.92 Å². The summed E-state index contributed by atoms with van der Waals surface area (Å²) < 4.78 is 11.5. The first kappa shape index (κ1) is 18.2. The third kappa shape index (κ3) is 4.52. The summed E-state index contributed by atoms with van der Waals surface area (Å²) in [5, 5.41) is 4.88. The number of benzene rings is 1. The summed E-state index contributed by atoms with van der Waals surface area (Å²) in [6.45, 7) is 4.58. The molecule has 0 spiro atoms. The Balaban J connectivity index is 1.66. The zero-order valence-electron chi connectivity index (χ0n) is 15.0. The Morgan fingerprint density at radius 1 is 1.27 bits per heavy atom. The number of oxazole rings is 1. The van der Waals surface area contributed by atoms with E-state index in [1.54, 1.807) is 11.3 Å². The van der Waals surface area contributed by atoms with Crippen LogP contribution in [0.25, 0.3) is 10.8 Å². The first-order valence-electron chi connectivity index (χ1n) is 8.69. The van der Waals surface area contributed by atoms with E-state index in [2.05, 4.69) is 17.2 Å². The van der Waals surface area contributed by atoms with Crippen LogP contribution in [0.5, 0.6) is 5.75 Å². The number of hydrogen-bond donors (Lipinski definition) is 1. The van der Waals surface area contributed by atoms with Crippen molar-refractivity contribution in [3.05, 3.63) is 53.2 Å². The number of carbonyl (C=O) groups is 1. The minimum absolute atomic E-state index is 0.148. The van der Waals surface area contributed by atoms with Crippen molar-refractivity contribution in [3.8, 4) is 16.5 Å². The smallest absolute Gasteiger partial charge is 0.236 e. The molecule has 0 saturated heterocycles. The van der Waals surface area contributed by atoms with Crippen molar-refractivity contribution in [2.24, 2.45) is 0 Å². The summed E-state index contributed by atoms with van der Waals surface area (Å²) >= 11 is 1.56. The highest BCUT2D eigenvalue weighted by atomic mass is 32.1. The standard InChI is InChI=1S/C20H22N2O3S/c1-3-4-11-24-17-9-6-5-8-15(17)21-19(23)13-16-14(2)25-20(22-16)18-10-7-12-26-18/h5-10,12H,3-4,11,13H2,1-2H3,(H,21,23). The fourth-order valence-corrected chi connectivity index (χ4v) is 3.12. The van der Waals surface area contributed by atoms with Crippen LogP contribution in [0.15, 0.2) is 46.2 Å². The predicted octanol–water partition coefficient (Wildman–Crippen LogP) is 5.07. The van der Waals surface area contributed by atoms with E-state index in [1.165, 1.54) is 0 Å². The fraction of sp³-hybridized carbons (Fsp3) is 0.300. The number of para-hydroxylation sites is 2. The number of aryl methyl sites for hydroxylation is 1. The molecule has 0 saturated carbocycles. The molecule has 0 radical (unpaired) electrons. The van der Waals surface area contributed by atoms with Crippen molar-refractivity contribution in [2.75, 3.05) is 11.9 Å². The Labute approximate surface area is 157 Å². The Hall–Kier alpha value is -2.60. The highest BCUT2D eigenvalue weighted by Gasteiger charge is 2.16. The van der Waals surface area contributed by atoms with Crippen molar-refractivity contribution in [1.82, 2.24) is 4.98 Å². The number of hydrogen-bond acceptors (Lipinski definition) is 5. The molecule has 3 aromatic rings. The van der Waals surface area contributed by atoms with Crippen LogP contribution in [-0.4, -0.2) is 17.5 Å². The Kier molecular flexibility index (Phi) is 6.07. The third-order valence-corrected chi connectivity index (χ3v) is 4.73. The zero-order valence-corrected chi connectivity index (χ0v) is 15.8. The van der Waals surface area contributed by atoms with Gasteiger partial charge in [0.2, 0.25) is 11.8 Å². The van der Waals surface area contributed by atoms with Crippen LogP contribution in [-0.2, 0) is 11.2 Å². The van der Waals surface area contributed by atoms with Gasteiger partial charge >= 0.3 is 0 Å². The quantitative estimate of drug-likeness (QED) is 0.562. The first-order chi connectivity index (χ1) is 12.7. The number of aromatic nitrogens is 1. The number of rotatable bonds is 8. The second-order valence-corrected chi connectivity index (χ2v) is 6.87. The van der Waals surface area contributed by atoms with Crippen LogP contribution in [0.2, 0.25) is 0 Å². The van der Waals surface area contributed by atoms with Gasteiger partial charge in [0.25, 0.3) is 0 Å². The second-order valence-electron chi connectivity index (χ2n) is 5.92. The van der Waals surface area contributed by atoms with Crippen molar-refractivity contribution >= 4 is 22.9 Å². The minimum atomic E-state index is -0.148. The van der Waals surface area contributed by atoms with E-state index >= 15 is 0 Å². The first-order valence-corrected chi connectivity index (χ1v) is 9.57. The summed E-state index contributed by atoms with van der Waals surface area (Å²) in [5.41, 5.74) is 1.32. The van der Waals surface area contributed by atoms with Gasteiger partial charge in [0.15, 0.2) is 0 Å². The maximum atomic E-state index is 12.5. The summed E-state index contributed by atoms with van der Waals surface area (Å²) in [7, 11) is 0. The summed E-state index contributed by atoms with van der Waals surface area (Å²) in [4.78, 5) is 17.9.